The predicted molar refractivity (Wildman–Crippen MR) is 98.9 cm³/mol. The molecular formula is C20H24N4O2. The molecule has 1 N–H and O–H groups in total. The molecule has 0 bridgehead atoms. The molecule has 1 spiro atoms. The lowest BCUT2D eigenvalue weighted by molar-refractivity contribution is -0.0983. The Hall–Kier alpha value is -2.60. The van der Waals surface area contributed by atoms with Crippen molar-refractivity contribution >= 4 is 6.03 Å². The van der Waals surface area contributed by atoms with E-state index >= 15 is 0 Å². The maximum Gasteiger partial charge on any atom is 0.317 e. The number of amides is 2. The van der Waals surface area contributed by atoms with Gasteiger partial charge in [0.15, 0.2) is 0 Å². The number of carbonyl (C=O) groups is 1. The highest BCUT2D eigenvalue weighted by Gasteiger charge is 2.52. The number of pyridine rings is 1. The Morgan fingerprint density at radius 3 is 2.65 bits per heavy atom. The minimum absolute atomic E-state index is 0.0120. The molecule has 4 rings (SSSR count). The van der Waals surface area contributed by atoms with Crippen LogP contribution in [0.4, 0.5) is 4.79 Å². The minimum atomic E-state index is 0.0120. The maximum atomic E-state index is 12.2. The van der Waals surface area contributed by atoms with Crippen molar-refractivity contribution in [3.05, 3.63) is 60.4 Å². The van der Waals surface area contributed by atoms with Gasteiger partial charge in [0.25, 0.3) is 0 Å². The Labute approximate surface area is 153 Å². The van der Waals surface area contributed by atoms with Crippen molar-refractivity contribution in [2.75, 3.05) is 39.3 Å². The van der Waals surface area contributed by atoms with Crippen LogP contribution < -0.4 is 10.1 Å². The second-order valence-electron chi connectivity index (χ2n) is 7.26. The fourth-order valence-electron chi connectivity index (χ4n) is 3.83. The first kappa shape index (κ1) is 16.8. The third-order valence-electron chi connectivity index (χ3n) is 4.98. The van der Waals surface area contributed by atoms with E-state index in [0.717, 1.165) is 38.5 Å². The summed E-state index contributed by atoms with van der Waals surface area (Å²) in [6.07, 6.45) is 3.72. The monoisotopic (exact) mass is 352 g/mol. The predicted octanol–water partition coefficient (Wildman–Crippen LogP) is 1.99. The number of likely N-dealkylation sites (tertiary alicyclic amines) is 2. The van der Waals surface area contributed by atoms with Crippen molar-refractivity contribution < 1.29 is 9.53 Å². The molecule has 1 aromatic carbocycles. The van der Waals surface area contributed by atoms with Gasteiger partial charge in [-0.3, -0.25) is 9.88 Å². The molecule has 1 aromatic heterocycles. The summed E-state index contributed by atoms with van der Waals surface area (Å²) in [5, 5.41) is 2.93. The van der Waals surface area contributed by atoms with Crippen LogP contribution in [-0.4, -0.2) is 60.1 Å². The highest BCUT2D eigenvalue weighted by atomic mass is 16.5. The molecule has 2 aliphatic rings. The third-order valence-corrected chi connectivity index (χ3v) is 4.98. The summed E-state index contributed by atoms with van der Waals surface area (Å²) in [5.74, 6) is 0.827. The molecular weight excluding hydrogens is 328 g/mol. The zero-order valence-corrected chi connectivity index (χ0v) is 14.8. The topological polar surface area (TPSA) is 57.7 Å². The van der Waals surface area contributed by atoms with Crippen molar-refractivity contribution in [3.8, 4) is 5.75 Å². The normalized spacial score (nSPS) is 18.1. The quantitative estimate of drug-likeness (QED) is 0.808. The number of nitrogens with one attached hydrogen (secondary N) is 1. The summed E-state index contributed by atoms with van der Waals surface area (Å²) in [5.41, 5.74) is 1.55. The fourth-order valence-corrected chi connectivity index (χ4v) is 3.83. The summed E-state index contributed by atoms with van der Waals surface area (Å²) >= 11 is 0. The minimum Gasteiger partial charge on any atom is -0.492 e. The molecule has 2 fully saturated rings. The Kier molecular flexibility index (Phi) is 4.75. The number of hydrogen-bond acceptors (Lipinski definition) is 4. The van der Waals surface area contributed by atoms with Crippen LogP contribution in [0.25, 0.3) is 0 Å². The smallest absolute Gasteiger partial charge is 0.317 e. The van der Waals surface area contributed by atoms with Crippen molar-refractivity contribution in [2.45, 2.75) is 6.54 Å². The highest BCUT2D eigenvalue weighted by molar-refractivity contribution is 5.75. The Morgan fingerprint density at radius 2 is 1.92 bits per heavy atom. The number of rotatable bonds is 6. The Bertz CT molecular complexity index is 724. The van der Waals surface area contributed by atoms with Gasteiger partial charge in [-0.15, -0.1) is 0 Å². The number of hydrogen-bond donors (Lipinski definition) is 1. The van der Waals surface area contributed by atoms with Gasteiger partial charge in [0.2, 0.25) is 0 Å². The van der Waals surface area contributed by atoms with Crippen LogP contribution in [-0.2, 0) is 6.54 Å². The van der Waals surface area contributed by atoms with E-state index in [9.17, 15) is 4.79 Å². The van der Waals surface area contributed by atoms with Crippen LogP contribution in [0.1, 0.15) is 5.56 Å². The van der Waals surface area contributed by atoms with Gasteiger partial charge in [-0.25, -0.2) is 4.79 Å². The Morgan fingerprint density at radius 1 is 1.12 bits per heavy atom. The molecule has 2 amide bonds. The molecule has 26 heavy (non-hydrogen) atoms. The van der Waals surface area contributed by atoms with Crippen LogP contribution in [0.3, 0.4) is 0 Å². The van der Waals surface area contributed by atoms with E-state index < -0.39 is 0 Å². The lowest BCUT2D eigenvalue weighted by Gasteiger charge is -2.60. The number of ether oxygens (including phenoxy) is 1. The summed E-state index contributed by atoms with van der Waals surface area (Å²) < 4.78 is 5.59. The van der Waals surface area contributed by atoms with Gasteiger partial charge in [0.05, 0.1) is 6.54 Å². The first-order valence-electron chi connectivity index (χ1n) is 9.04. The second-order valence-corrected chi connectivity index (χ2v) is 7.26. The van der Waals surface area contributed by atoms with Crippen molar-refractivity contribution in [1.82, 2.24) is 20.1 Å². The number of para-hydroxylation sites is 1. The van der Waals surface area contributed by atoms with E-state index in [1.165, 1.54) is 5.56 Å². The van der Waals surface area contributed by atoms with E-state index in [2.05, 4.69) is 21.3 Å². The first-order valence-corrected chi connectivity index (χ1v) is 9.04. The number of nitrogens with zero attached hydrogens (tertiary/aromatic N) is 3. The van der Waals surface area contributed by atoms with Crippen LogP contribution in [0.15, 0.2) is 54.9 Å². The molecule has 2 saturated heterocycles. The average molecular weight is 352 g/mol. The number of urea groups is 1. The first-order chi connectivity index (χ1) is 12.7. The molecule has 2 aromatic rings. The van der Waals surface area contributed by atoms with E-state index in [0.29, 0.717) is 18.6 Å². The van der Waals surface area contributed by atoms with Crippen LogP contribution in [0, 0.1) is 5.41 Å². The van der Waals surface area contributed by atoms with Gasteiger partial charge >= 0.3 is 6.03 Å². The summed E-state index contributed by atoms with van der Waals surface area (Å²) in [6, 6.07) is 13.7. The van der Waals surface area contributed by atoms with Crippen molar-refractivity contribution in [3.63, 3.8) is 0 Å². The van der Waals surface area contributed by atoms with Gasteiger partial charge in [-0.1, -0.05) is 24.3 Å². The second kappa shape index (κ2) is 7.33. The maximum absolute atomic E-state index is 12.2. The summed E-state index contributed by atoms with van der Waals surface area (Å²) in [7, 11) is 0. The number of benzene rings is 1. The molecule has 0 unspecified atom stereocenters. The molecule has 0 saturated carbocycles. The molecule has 2 aliphatic heterocycles. The standard InChI is InChI=1S/C20H24N4O2/c25-19(22-9-10-26-18-6-2-1-3-7-18)24-15-20(16-24)13-23(14-20)12-17-5-4-8-21-11-17/h1-8,11H,9-10,12-16H2,(H,22,25). The highest BCUT2D eigenvalue weighted by Crippen LogP contribution is 2.40. The fraction of sp³-hybridized carbons (Fsp3) is 0.400. The van der Waals surface area contributed by atoms with Gasteiger partial charge < -0.3 is 15.0 Å². The largest absolute Gasteiger partial charge is 0.492 e. The van der Waals surface area contributed by atoms with E-state index in [-0.39, 0.29) is 6.03 Å². The zero-order chi connectivity index (χ0) is 17.8. The summed E-state index contributed by atoms with van der Waals surface area (Å²) in [4.78, 5) is 20.6. The molecule has 0 radical (unpaired) electrons. The van der Waals surface area contributed by atoms with Crippen LogP contribution >= 0.6 is 0 Å². The van der Waals surface area contributed by atoms with E-state index in [1.807, 2.05) is 47.5 Å². The Balaban J connectivity index is 1.11. The van der Waals surface area contributed by atoms with Gasteiger partial charge in [0.1, 0.15) is 12.4 Å². The van der Waals surface area contributed by atoms with Crippen molar-refractivity contribution in [2.24, 2.45) is 5.41 Å². The molecule has 136 valence electrons. The molecule has 6 heteroatoms. The lowest BCUT2D eigenvalue weighted by atomic mass is 9.73. The molecule has 0 aliphatic carbocycles. The van der Waals surface area contributed by atoms with Gasteiger partial charge in [0, 0.05) is 50.5 Å². The number of aromatic nitrogens is 1. The molecule has 6 nitrogen and oxygen atoms in total. The molecule has 0 atom stereocenters. The van der Waals surface area contributed by atoms with E-state index in [1.54, 1.807) is 6.20 Å². The van der Waals surface area contributed by atoms with Gasteiger partial charge in [-0.05, 0) is 23.8 Å². The van der Waals surface area contributed by atoms with E-state index in [4.69, 9.17) is 4.74 Å². The SMILES string of the molecule is O=C(NCCOc1ccccc1)N1CC2(CN(Cc3cccnc3)C2)C1. The number of carbonyl (C=O) groups excluding carboxylic acids is 1. The van der Waals surface area contributed by atoms with Crippen molar-refractivity contribution in [1.29, 1.82) is 0 Å². The lowest BCUT2D eigenvalue weighted by Crippen LogP contribution is -2.73. The summed E-state index contributed by atoms with van der Waals surface area (Å²) in [6.45, 7) is 5.76. The average Bonchev–Trinajstić information content (AvgIpc) is 2.61. The zero-order valence-electron chi connectivity index (χ0n) is 14.8. The van der Waals surface area contributed by atoms with Crippen LogP contribution in [0.2, 0.25) is 0 Å². The van der Waals surface area contributed by atoms with Gasteiger partial charge in [-0.2, -0.15) is 0 Å². The van der Waals surface area contributed by atoms with Crippen LogP contribution in [0.5, 0.6) is 5.75 Å². The third kappa shape index (κ3) is 3.80. The molecule has 3 heterocycles.